The monoisotopic (exact) mass is 180 g/mol. The van der Waals surface area contributed by atoms with Crippen LogP contribution in [0.1, 0.15) is 12.8 Å². The maximum atomic E-state index is 9.40. The van der Waals surface area contributed by atoms with Gasteiger partial charge in [0.2, 0.25) is 0 Å². The molecule has 0 aliphatic carbocycles. The number of aliphatic hydroxyl groups excluding tert-OH is 1. The van der Waals surface area contributed by atoms with Crippen molar-refractivity contribution in [3.05, 3.63) is 0 Å². The van der Waals surface area contributed by atoms with Crippen molar-refractivity contribution in [3.63, 3.8) is 0 Å². The third-order valence-electron chi connectivity index (χ3n) is 2.11. The summed E-state index contributed by atoms with van der Waals surface area (Å²) >= 11 is 0. The van der Waals surface area contributed by atoms with Crippen LogP contribution in [0.3, 0.4) is 0 Å². The predicted octanol–water partition coefficient (Wildman–Crippen LogP) is -0.273. The van der Waals surface area contributed by atoms with Gasteiger partial charge in [0.25, 0.3) is 0 Å². The van der Waals surface area contributed by atoms with Gasteiger partial charge in [-0.2, -0.15) is 0 Å². The molecule has 1 saturated heterocycles. The first-order valence-corrected chi connectivity index (χ1v) is 3.93. The summed E-state index contributed by atoms with van der Waals surface area (Å²) in [5.41, 5.74) is 5.38. The standard InChI is InChI=1S/C7H16N2O.ClH/c8-3-1-6-5-9-4-2-7(6)10;/h6-7,9-10H,1-5,8H2;1H. The summed E-state index contributed by atoms with van der Waals surface area (Å²) in [4.78, 5) is 0. The molecule has 0 radical (unpaired) electrons. The number of rotatable bonds is 2. The lowest BCUT2D eigenvalue weighted by Crippen LogP contribution is -2.40. The van der Waals surface area contributed by atoms with Crippen LogP contribution in [-0.4, -0.2) is 30.8 Å². The number of piperidine rings is 1. The van der Waals surface area contributed by atoms with Crippen LogP contribution >= 0.6 is 12.4 Å². The van der Waals surface area contributed by atoms with Crippen LogP contribution in [0.15, 0.2) is 0 Å². The molecule has 0 amide bonds. The van der Waals surface area contributed by atoms with Crippen LogP contribution in [0.5, 0.6) is 0 Å². The summed E-state index contributed by atoms with van der Waals surface area (Å²) in [6.07, 6.45) is 1.70. The van der Waals surface area contributed by atoms with Gasteiger partial charge in [-0.05, 0) is 31.8 Å². The molecule has 1 aliphatic heterocycles. The number of nitrogens with one attached hydrogen (secondary N) is 1. The van der Waals surface area contributed by atoms with Gasteiger partial charge in [0.05, 0.1) is 6.10 Å². The summed E-state index contributed by atoms with van der Waals surface area (Å²) < 4.78 is 0. The van der Waals surface area contributed by atoms with Gasteiger partial charge in [0, 0.05) is 6.54 Å². The molecular formula is C7H17ClN2O. The molecular weight excluding hydrogens is 164 g/mol. The highest BCUT2D eigenvalue weighted by atomic mass is 35.5. The van der Waals surface area contributed by atoms with E-state index in [1.165, 1.54) is 0 Å². The molecule has 68 valence electrons. The number of hydrogen-bond donors (Lipinski definition) is 3. The quantitative estimate of drug-likeness (QED) is 0.549. The van der Waals surface area contributed by atoms with Crippen LogP contribution in [-0.2, 0) is 0 Å². The van der Waals surface area contributed by atoms with Crippen molar-refractivity contribution in [3.8, 4) is 0 Å². The molecule has 2 unspecified atom stereocenters. The van der Waals surface area contributed by atoms with E-state index >= 15 is 0 Å². The van der Waals surface area contributed by atoms with Crippen LogP contribution in [0.4, 0.5) is 0 Å². The summed E-state index contributed by atoms with van der Waals surface area (Å²) in [6.45, 7) is 2.56. The molecule has 0 spiro atoms. The number of aliphatic hydroxyl groups is 1. The van der Waals surface area contributed by atoms with Crippen molar-refractivity contribution >= 4 is 12.4 Å². The lowest BCUT2D eigenvalue weighted by Gasteiger charge is -2.27. The fraction of sp³-hybridized carbons (Fsp3) is 1.00. The Bertz CT molecular complexity index is 100. The SMILES string of the molecule is Cl.NCCC1CNCCC1O. The molecule has 4 heteroatoms. The lowest BCUT2D eigenvalue weighted by atomic mass is 9.93. The Labute approximate surface area is 73.8 Å². The maximum absolute atomic E-state index is 9.40. The smallest absolute Gasteiger partial charge is 0.0593 e. The maximum Gasteiger partial charge on any atom is 0.0593 e. The second-order valence-corrected chi connectivity index (χ2v) is 2.90. The highest BCUT2D eigenvalue weighted by Crippen LogP contribution is 2.13. The van der Waals surface area contributed by atoms with E-state index < -0.39 is 0 Å². The number of halogens is 1. The molecule has 1 aliphatic rings. The zero-order chi connectivity index (χ0) is 7.40. The molecule has 1 heterocycles. The van der Waals surface area contributed by atoms with Crippen LogP contribution in [0, 0.1) is 5.92 Å². The zero-order valence-corrected chi connectivity index (χ0v) is 7.44. The fourth-order valence-corrected chi connectivity index (χ4v) is 1.42. The van der Waals surface area contributed by atoms with Gasteiger partial charge >= 0.3 is 0 Å². The molecule has 0 aromatic rings. The van der Waals surface area contributed by atoms with Crippen molar-refractivity contribution in [1.82, 2.24) is 5.32 Å². The lowest BCUT2D eigenvalue weighted by molar-refractivity contribution is 0.0758. The summed E-state index contributed by atoms with van der Waals surface area (Å²) in [6, 6.07) is 0. The Hall–Kier alpha value is 0.170. The molecule has 11 heavy (non-hydrogen) atoms. The summed E-state index contributed by atoms with van der Waals surface area (Å²) in [5, 5.41) is 12.6. The van der Waals surface area contributed by atoms with Crippen LogP contribution < -0.4 is 11.1 Å². The average Bonchev–Trinajstić information content (AvgIpc) is 1.94. The Morgan fingerprint density at radius 1 is 1.55 bits per heavy atom. The van der Waals surface area contributed by atoms with Crippen molar-refractivity contribution in [2.45, 2.75) is 18.9 Å². The van der Waals surface area contributed by atoms with Gasteiger partial charge in [0.1, 0.15) is 0 Å². The van der Waals surface area contributed by atoms with E-state index in [0.717, 1.165) is 25.9 Å². The Morgan fingerprint density at radius 3 is 2.82 bits per heavy atom. The van der Waals surface area contributed by atoms with Crippen molar-refractivity contribution < 1.29 is 5.11 Å². The Morgan fingerprint density at radius 2 is 2.27 bits per heavy atom. The first-order valence-electron chi connectivity index (χ1n) is 3.93. The first-order chi connectivity index (χ1) is 4.84. The normalized spacial score (nSPS) is 31.1. The van der Waals surface area contributed by atoms with Crippen molar-refractivity contribution in [1.29, 1.82) is 0 Å². The molecule has 1 fully saturated rings. The van der Waals surface area contributed by atoms with E-state index in [4.69, 9.17) is 5.73 Å². The molecule has 4 N–H and O–H groups in total. The Kier molecular flexibility index (Phi) is 5.86. The van der Waals surface area contributed by atoms with Crippen LogP contribution in [0.2, 0.25) is 0 Å². The minimum atomic E-state index is -0.121. The van der Waals surface area contributed by atoms with E-state index in [1.54, 1.807) is 0 Å². The van der Waals surface area contributed by atoms with Gasteiger partial charge in [-0.3, -0.25) is 0 Å². The van der Waals surface area contributed by atoms with Crippen molar-refractivity contribution in [2.24, 2.45) is 11.7 Å². The third kappa shape index (κ3) is 3.38. The minimum absolute atomic E-state index is 0. The van der Waals surface area contributed by atoms with E-state index in [2.05, 4.69) is 5.32 Å². The molecule has 0 aromatic carbocycles. The third-order valence-corrected chi connectivity index (χ3v) is 2.11. The first kappa shape index (κ1) is 11.2. The highest BCUT2D eigenvalue weighted by molar-refractivity contribution is 5.85. The Balaban J connectivity index is 0.000001000. The van der Waals surface area contributed by atoms with E-state index in [1.807, 2.05) is 0 Å². The molecule has 0 saturated carbocycles. The predicted molar refractivity (Wildman–Crippen MR) is 47.9 cm³/mol. The molecule has 3 nitrogen and oxygen atoms in total. The summed E-state index contributed by atoms with van der Waals surface area (Å²) in [5.74, 6) is 0.388. The van der Waals surface area contributed by atoms with Crippen molar-refractivity contribution in [2.75, 3.05) is 19.6 Å². The molecule has 2 atom stereocenters. The second-order valence-electron chi connectivity index (χ2n) is 2.90. The molecule has 0 bridgehead atoms. The number of hydrogen-bond acceptors (Lipinski definition) is 3. The van der Waals surface area contributed by atoms with Gasteiger partial charge in [-0.1, -0.05) is 0 Å². The largest absolute Gasteiger partial charge is 0.393 e. The van der Waals surface area contributed by atoms with Gasteiger partial charge in [-0.25, -0.2) is 0 Å². The second kappa shape index (κ2) is 5.77. The van der Waals surface area contributed by atoms with Gasteiger partial charge < -0.3 is 16.2 Å². The van der Waals surface area contributed by atoms with Crippen LogP contribution in [0.25, 0.3) is 0 Å². The topological polar surface area (TPSA) is 58.3 Å². The average molecular weight is 181 g/mol. The fourth-order valence-electron chi connectivity index (χ4n) is 1.42. The zero-order valence-electron chi connectivity index (χ0n) is 6.62. The minimum Gasteiger partial charge on any atom is -0.393 e. The molecule has 0 aromatic heterocycles. The summed E-state index contributed by atoms with van der Waals surface area (Å²) in [7, 11) is 0. The van der Waals surface area contributed by atoms with Gasteiger partial charge in [0.15, 0.2) is 0 Å². The van der Waals surface area contributed by atoms with Gasteiger partial charge in [-0.15, -0.1) is 12.4 Å². The molecule has 1 rings (SSSR count). The van der Waals surface area contributed by atoms with E-state index in [-0.39, 0.29) is 18.5 Å². The number of nitrogens with two attached hydrogens (primary N) is 1. The van der Waals surface area contributed by atoms with E-state index in [0.29, 0.717) is 12.5 Å². The highest BCUT2D eigenvalue weighted by Gasteiger charge is 2.21. The van der Waals surface area contributed by atoms with E-state index in [9.17, 15) is 5.11 Å².